The molecule has 1 fully saturated rings. The highest BCUT2D eigenvalue weighted by molar-refractivity contribution is 5.96. The molecule has 0 bridgehead atoms. The summed E-state index contributed by atoms with van der Waals surface area (Å²) in [5.74, 6) is -0.254. The van der Waals surface area contributed by atoms with E-state index in [9.17, 15) is 14.9 Å². The number of para-hydroxylation sites is 2. The fraction of sp³-hybridized carbons (Fsp3) is 0.533. The van der Waals surface area contributed by atoms with Crippen molar-refractivity contribution < 1.29 is 14.5 Å². The molecule has 3 unspecified atom stereocenters. The number of nitrogens with zero attached hydrogens (tertiary/aromatic N) is 2. The Morgan fingerprint density at radius 2 is 1.95 bits per heavy atom. The van der Waals surface area contributed by atoms with Crippen LogP contribution in [0.25, 0.3) is 0 Å². The molecule has 1 aliphatic rings. The van der Waals surface area contributed by atoms with Crippen LogP contribution in [0.1, 0.15) is 20.8 Å². The van der Waals surface area contributed by atoms with Gasteiger partial charge in [-0.15, -0.1) is 0 Å². The molecule has 0 saturated carbocycles. The molecular weight excluding hydrogens is 286 g/mol. The summed E-state index contributed by atoms with van der Waals surface area (Å²) in [5.41, 5.74) is 0.116. The molecule has 1 amide bonds. The number of carbonyl (C=O) groups is 1. The van der Waals surface area contributed by atoms with Gasteiger partial charge in [0.1, 0.15) is 5.69 Å². The van der Waals surface area contributed by atoms with E-state index in [0.717, 1.165) is 0 Å². The minimum absolute atomic E-state index is 0.0602. The average Bonchev–Trinajstić information content (AvgIpc) is 2.45. The summed E-state index contributed by atoms with van der Waals surface area (Å²) in [6.45, 7) is 7.06. The lowest BCUT2D eigenvalue weighted by Gasteiger charge is -2.38. The second-order valence-corrected chi connectivity index (χ2v) is 5.65. The molecule has 1 saturated heterocycles. The monoisotopic (exact) mass is 307 g/mol. The fourth-order valence-corrected chi connectivity index (χ4v) is 2.68. The number of nitro benzene ring substituents is 1. The SMILES string of the molecule is CC1CN(C(C)C(=O)Nc2ccccc2[N+](=O)[O-])CC(C)O1. The first-order valence-corrected chi connectivity index (χ1v) is 7.32. The predicted molar refractivity (Wildman–Crippen MR) is 82.8 cm³/mol. The van der Waals surface area contributed by atoms with E-state index in [1.54, 1.807) is 19.1 Å². The highest BCUT2D eigenvalue weighted by Gasteiger charge is 2.30. The molecule has 120 valence electrons. The molecule has 22 heavy (non-hydrogen) atoms. The van der Waals surface area contributed by atoms with Gasteiger partial charge in [0.25, 0.3) is 5.69 Å². The standard InChI is InChI=1S/C15H21N3O4/c1-10-8-17(9-11(2)22-10)12(3)15(19)16-13-6-4-5-7-14(13)18(20)21/h4-7,10-12H,8-9H2,1-3H3,(H,16,19). The molecule has 0 radical (unpaired) electrons. The molecule has 0 aromatic heterocycles. The lowest BCUT2D eigenvalue weighted by atomic mass is 10.1. The van der Waals surface area contributed by atoms with Gasteiger partial charge in [0.2, 0.25) is 5.91 Å². The van der Waals surface area contributed by atoms with Crippen LogP contribution in [0.3, 0.4) is 0 Å². The Kier molecular flexibility index (Phi) is 5.10. The molecule has 7 nitrogen and oxygen atoms in total. The third-order valence-corrected chi connectivity index (χ3v) is 3.73. The van der Waals surface area contributed by atoms with Gasteiger partial charge in [-0.05, 0) is 26.8 Å². The lowest BCUT2D eigenvalue weighted by Crippen LogP contribution is -2.52. The highest BCUT2D eigenvalue weighted by Crippen LogP contribution is 2.24. The third-order valence-electron chi connectivity index (χ3n) is 3.73. The van der Waals surface area contributed by atoms with Gasteiger partial charge in [0.15, 0.2) is 0 Å². The highest BCUT2D eigenvalue weighted by atomic mass is 16.6. The van der Waals surface area contributed by atoms with Gasteiger partial charge in [0.05, 0.1) is 23.2 Å². The van der Waals surface area contributed by atoms with Gasteiger partial charge in [-0.2, -0.15) is 0 Å². The van der Waals surface area contributed by atoms with Crippen molar-refractivity contribution in [3.05, 3.63) is 34.4 Å². The second kappa shape index (κ2) is 6.85. The van der Waals surface area contributed by atoms with Crippen LogP contribution in [-0.2, 0) is 9.53 Å². The molecular formula is C15H21N3O4. The van der Waals surface area contributed by atoms with E-state index in [4.69, 9.17) is 4.74 Å². The van der Waals surface area contributed by atoms with E-state index < -0.39 is 4.92 Å². The maximum Gasteiger partial charge on any atom is 0.292 e. The Morgan fingerprint density at radius 1 is 1.36 bits per heavy atom. The zero-order valence-corrected chi connectivity index (χ0v) is 13.0. The summed E-state index contributed by atoms with van der Waals surface area (Å²) in [5, 5.41) is 13.6. The smallest absolute Gasteiger partial charge is 0.292 e. The van der Waals surface area contributed by atoms with Crippen LogP contribution in [0, 0.1) is 10.1 Å². The first-order valence-electron chi connectivity index (χ1n) is 7.32. The first-order chi connectivity index (χ1) is 10.4. The number of ether oxygens (including phenoxy) is 1. The van der Waals surface area contributed by atoms with Crippen LogP contribution in [0.4, 0.5) is 11.4 Å². The average molecular weight is 307 g/mol. The zero-order valence-electron chi connectivity index (χ0n) is 13.0. The van der Waals surface area contributed by atoms with Crippen LogP contribution in [0.15, 0.2) is 24.3 Å². The number of nitro groups is 1. The molecule has 1 aliphatic heterocycles. The van der Waals surface area contributed by atoms with E-state index in [1.165, 1.54) is 12.1 Å². The zero-order chi connectivity index (χ0) is 16.3. The Bertz CT molecular complexity index is 553. The van der Waals surface area contributed by atoms with E-state index >= 15 is 0 Å². The van der Waals surface area contributed by atoms with E-state index in [1.807, 2.05) is 18.7 Å². The number of anilines is 1. The Morgan fingerprint density at radius 3 is 2.55 bits per heavy atom. The van der Waals surface area contributed by atoms with Gasteiger partial charge in [-0.1, -0.05) is 12.1 Å². The molecule has 1 N–H and O–H groups in total. The van der Waals surface area contributed by atoms with Crippen molar-refractivity contribution >= 4 is 17.3 Å². The summed E-state index contributed by atoms with van der Waals surface area (Å²) in [6.07, 6.45) is 0.120. The van der Waals surface area contributed by atoms with Crippen molar-refractivity contribution in [2.75, 3.05) is 18.4 Å². The van der Waals surface area contributed by atoms with Crippen LogP contribution >= 0.6 is 0 Å². The third kappa shape index (κ3) is 3.80. The van der Waals surface area contributed by atoms with Gasteiger partial charge >= 0.3 is 0 Å². The predicted octanol–water partition coefficient (Wildman–Crippen LogP) is 2.03. The van der Waals surface area contributed by atoms with Crippen molar-refractivity contribution in [1.29, 1.82) is 0 Å². The molecule has 3 atom stereocenters. The number of morpholine rings is 1. The van der Waals surface area contributed by atoms with Gasteiger partial charge in [0, 0.05) is 19.2 Å². The molecule has 1 aromatic carbocycles. The van der Waals surface area contributed by atoms with E-state index in [0.29, 0.717) is 13.1 Å². The number of amides is 1. The van der Waals surface area contributed by atoms with Gasteiger partial charge in [-0.3, -0.25) is 19.8 Å². The van der Waals surface area contributed by atoms with E-state index in [2.05, 4.69) is 5.32 Å². The number of rotatable bonds is 4. The van der Waals surface area contributed by atoms with Gasteiger partial charge in [-0.25, -0.2) is 0 Å². The maximum atomic E-state index is 12.4. The van der Waals surface area contributed by atoms with Crippen molar-refractivity contribution in [3.63, 3.8) is 0 Å². The number of hydrogen-bond acceptors (Lipinski definition) is 5. The summed E-state index contributed by atoms with van der Waals surface area (Å²) < 4.78 is 5.65. The molecule has 2 rings (SSSR count). The topological polar surface area (TPSA) is 84.7 Å². The van der Waals surface area contributed by atoms with Gasteiger partial charge < -0.3 is 10.1 Å². The fourth-order valence-electron chi connectivity index (χ4n) is 2.68. The molecule has 1 aromatic rings. The minimum atomic E-state index is -0.501. The first kappa shape index (κ1) is 16.4. The van der Waals surface area contributed by atoms with Crippen LogP contribution in [0.2, 0.25) is 0 Å². The summed E-state index contributed by atoms with van der Waals surface area (Å²) >= 11 is 0. The summed E-state index contributed by atoms with van der Waals surface area (Å²) in [6, 6.07) is 5.76. The Hall–Kier alpha value is -1.99. The summed E-state index contributed by atoms with van der Waals surface area (Å²) in [4.78, 5) is 24.9. The molecule has 0 aliphatic carbocycles. The number of benzene rings is 1. The van der Waals surface area contributed by atoms with Crippen LogP contribution in [0.5, 0.6) is 0 Å². The van der Waals surface area contributed by atoms with Crippen LogP contribution in [-0.4, -0.2) is 47.1 Å². The number of nitrogens with one attached hydrogen (secondary N) is 1. The molecule has 7 heteroatoms. The second-order valence-electron chi connectivity index (χ2n) is 5.65. The summed E-state index contributed by atoms with van der Waals surface area (Å²) in [7, 11) is 0. The van der Waals surface area contributed by atoms with Crippen molar-refractivity contribution in [1.82, 2.24) is 4.90 Å². The quantitative estimate of drug-likeness (QED) is 0.679. The molecule has 0 spiro atoms. The normalized spacial score (nSPS) is 23.8. The Balaban J connectivity index is 2.07. The maximum absolute atomic E-state index is 12.4. The van der Waals surface area contributed by atoms with Crippen molar-refractivity contribution in [2.24, 2.45) is 0 Å². The van der Waals surface area contributed by atoms with E-state index in [-0.39, 0.29) is 35.5 Å². The molecule has 1 heterocycles. The number of hydrogen-bond donors (Lipinski definition) is 1. The number of carbonyl (C=O) groups excluding carboxylic acids is 1. The minimum Gasteiger partial charge on any atom is -0.373 e. The lowest BCUT2D eigenvalue weighted by molar-refractivity contribution is -0.383. The Labute approximate surface area is 129 Å². The van der Waals surface area contributed by atoms with Crippen LogP contribution < -0.4 is 5.32 Å². The largest absolute Gasteiger partial charge is 0.373 e. The van der Waals surface area contributed by atoms with Crippen molar-refractivity contribution in [2.45, 2.75) is 39.0 Å². The van der Waals surface area contributed by atoms with Crippen molar-refractivity contribution in [3.8, 4) is 0 Å².